The van der Waals surface area contributed by atoms with Crippen molar-refractivity contribution >= 4 is 17.8 Å². The fraction of sp³-hybridized carbons (Fsp3) is 0.667. The summed E-state index contributed by atoms with van der Waals surface area (Å²) in [6.07, 6.45) is 2.62. The van der Waals surface area contributed by atoms with Crippen LogP contribution in [0.2, 0.25) is 0 Å². The number of hydrogen-bond acceptors (Lipinski definition) is 5. The first-order valence-corrected chi connectivity index (χ1v) is 7.94. The highest BCUT2D eigenvalue weighted by atomic mass is 16.5. The molecule has 0 aliphatic carbocycles. The van der Waals surface area contributed by atoms with Crippen molar-refractivity contribution in [3.05, 3.63) is 12.3 Å². The van der Waals surface area contributed by atoms with E-state index < -0.39 is 11.4 Å². The number of carbonyl (C=O) groups excluding carboxylic acids is 1. The monoisotopic (exact) mass is 338 g/mol. The van der Waals surface area contributed by atoms with E-state index in [-0.39, 0.29) is 25.1 Å². The molecule has 9 nitrogen and oxygen atoms in total. The number of methoxy groups -OCH3 is 1. The molecular formula is C15H22N4O5. The van der Waals surface area contributed by atoms with Gasteiger partial charge in [-0.05, 0) is 6.42 Å². The van der Waals surface area contributed by atoms with Crippen LogP contribution >= 0.6 is 0 Å². The number of carbonyl (C=O) groups is 2. The highest BCUT2D eigenvalue weighted by molar-refractivity contribution is 5.89. The molecule has 2 aliphatic rings. The number of carboxylic acids is 1. The lowest BCUT2D eigenvalue weighted by atomic mass is 9.81. The predicted octanol–water partition coefficient (Wildman–Crippen LogP) is 0.485. The Hall–Kier alpha value is -2.13. The van der Waals surface area contributed by atoms with E-state index in [0.29, 0.717) is 32.1 Å². The number of anilines is 1. The molecule has 0 bridgehead atoms. The van der Waals surface area contributed by atoms with Gasteiger partial charge >= 0.3 is 12.0 Å². The number of ether oxygens (including phenoxy) is 2. The van der Waals surface area contributed by atoms with Gasteiger partial charge in [-0.25, -0.2) is 4.79 Å². The lowest BCUT2D eigenvalue weighted by Crippen LogP contribution is -2.41. The van der Waals surface area contributed by atoms with Gasteiger partial charge in [0.1, 0.15) is 5.41 Å². The minimum absolute atomic E-state index is 0.158. The van der Waals surface area contributed by atoms with Gasteiger partial charge in [0.15, 0.2) is 5.82 Å². The highest BCUT2D eigenvalue weighted by Gasteiger charge is 2.57. The quantitative estimate of drug-likeness (QED) is 0.731. The van der Waals surface area contributed by atoms with Gasteiger partial charge in [-0.3, -0.25) is 14.8 Å². The Labute approximate surface area is 139 Å². The second kappa shape index (κ2) is 6.78. The summed E-state index contributed by atoms with van der Waals surface area (Å²) >= 11 is 0. The van der Waals surface area contributed by atoms with Gasteiger partial charge in [-0.15, -0.1) is 0 Å². The maximum Gasteiger partial charge on any atom is 0.323 e. The molecule has 0 radical (unpaired) electrons. The summed E-state index contributed by atoms with van der Waals surface area (Å²) in [6, 6.07) is 1.39. The van der Waals surface area contributed by atoms with Crippen LogP contribution in [0.4, 0.5) is 10.6 Å². The number of aromatic nitrogens is 2. The number of rotatable bonds is 6. The zero-order chi connectivity index (χ0) is 17.2. The van der Waals surface area contributed by atoms with Crippen molar-refractivity contribution in [2.24, 2.45) is 11.3 Å². The number of aliphatic carboxylic acids is 1. The molecule has 0 aromatic carbocycles. The van der Waals surface area contributed by atoms with E-state index in [4.69, 9.17) is 9.47 Å². The summed E-state index contributed by atoms with van der Waals surface area (Å²) < 4.78 is 12.0. The molecule has 2 aliphatic heterocycles. The van der Waals surface area contributed by atoms with Crippen molar-refractivity contribution in [2.75, 3.05) is 45.3 Å². The standard InChI is InChI=1S/C15H22N4O5/c1-23-6-2-4-19-5-3-12(17-19)16-14(22)18-7-11-8-24-10-15(11,9-18)13(20)21/h3,5,11H,2,4,6-10H2,1H3,(H,20,21)(H,16,17,22)/t11-,15-/m1/s1. The zero-order valence-electron chi connectivity index (χ0n) is 13.6. The van der Waals surface area contributed by atoms with E-state index in [1.54, 1.807) is 24.1 Å². The number of likely N-dealkylation sites (tertiary alicyclic amines) is 1. The van der Waals surface area contributed by atoms with Crippen molar-refractivity contribution in [1.29, 1.82) is 0 Å². The lowest BCUT2D eigenvalue weighted by molar-refractivity contribution is -0.149. The number of fused-ring (bicyclic) bond motifs is 1. The number of nitrogens with one attached hydrogen (secondary N) is 1. The Morgan fingerprint density at radius 3 is 3.12 bits per heavy atom. The molecular weight excluding hydrogens is 316 g/mol. The van der Waals surface area contributed by atoms with Crippen LogP contribution in [0, 0.1) is 11.3 Å². The first-order valence-electron chi connectivity index (χ1n) is 7.94. The van der Waals surface area contributed by atoms with Crippen LogP contribution in [-0.4, -0.2) is 71.8 Å². The summed E-state index contributed by atoms with van der Waals surface area (Å²) in [4.78, 5) is 25.5. The van der Waals surface area contributed by atoms with Gasteiger partial charge in [0, 0.05) is 51.5 Å². The van der Waals surface area contributed by atoms with Crippen molar-refractivity contribution in [3.63, 3.8) is 0 Å². The van der Waals surface area contributed by atoms with Crippen molar-refractivity contribution in [1.82, 2.24) is 14.7 Å². The average Bonchev–Trinajstić information content (AvgIpc) is 3.21. The van der Waals surface area contributed by atoms with E-state index >= 15 is 0 Å². The van der Waals surface area contributed by atoms with Crippen molar-refractivity contribution < 1.29 is 24.2 Å². The second-order valence-electron chi connectivity index (χ2n) is 6.29. The number of hydrogen-bond donors (Lipinski definition) is 2. The number of aryl methyl sites for hydroxylation is 1. The number of nitrogens with zero attached hydrogens (tertiary/aromatic N) is 3. The van der Waals surface area contributed by atoms with Crippen molar-refractivity contribution in [3.8, 4) is 0 Å². The van der Waals surface area contributed by atoms with Gasteiger partial charge < -0.3 is 19.5 Å². The molecule has 2 amide bonds. The highest BCUT2D eigenvalue weighted by Crippen LogP contribution is 2.41. The molecule has 2 saturated heterocycles. The van der Waals surface area contributed by atoms with Crippen LogP contribution in [0.15, 0.2) is 12.3 Å². The van der Waals surface area contributed by atoms with Crippen LogP contribution in [0.25, 0.3) is 0 Å². The fourth-order valence-electron chi connectivity index (χ4n) is 3.31. The lowest BCUT2D eigenvalue weighted by Gasteiger charge is -2.21. The van der Waals surface area contributed by atoms with E-state index in [0.717, 1.165) is 6.42 Å². The van der Waals surface area contributed by atoms with Gasteiger partial charge in [-0.1, -0.05) is 0 Å². The second-order valence-corrected chi connectivity index (χ2v) is 6.29. The smallest absolute Gasteiger partial charge is 0.323 e. The predicted molar refractivity (Wildman–Crippen MR) is 83.7 cm³/mol. The van der Waals surface area contributed by atoms with Gasteiger partial charge in [0.25, 0.3) is 0 Å². The summed E-state index contributed by atoms with van der Waals surface area (Å²) in [5.41, 5.74) is -0.975. The molecule has 9 heteroatoms. The van der Waals surface area contributed by atoms with E-state index in [9.17, 15) is 14.7 Å². The van der Waals surface area contributed by atoms with Crippen LogP contribution in [-0.2, 0) is 20.8 Å². The third kappa shape index (κ3) is 3.09. The molecule has 2 N–H and O–H groups in total. The molecule has 2 atom stereocenters. The fourth-order valence-corrected chi connectivity index (χ4v) is 3.31. The maximum absolute atomic E-state index is 12.4. The number of urea groups is 1. The molecule has 24 heavy (non-hydrogen) atoms. The Morgan fingerprint density at radius 2 is 2.42 bits per heavy atom. The molecule has 3 heterocycles. The summed E-state index contributed by atoms with van der Waals surface area (Å²) in [6.45, 7) is 2.43. The first kappa shape index (κ1) is 16.7. The minimum Gasteiger partial charge on any atom is -0.481 e. The van der Waals surface area contributed by atoms with E-state index in [1.807, 2.05) is 0 Å². The molecule has 1 aromatic rings. The average molecular weight is 338 g/mol. The molecule has 0 spiro atoms. The summed E-state index contributed by atoms with van der Waals surface area (Å²) in [5, 5.41) is 16.5. The molecule has 3 rings (SSSR count). The SMILES string of the molecule is COCCCn1ccc(NC(=O)N2C[C@@H]3COC[C@]3(C(=O)O)C2)n1. The molecule has 1 aromatic heterocycles. The summed E-state index contributed by atoms with van der Waals surface area (Å²) in [5.74, 6) is -0.606. The van der Waals surface area contributed by atoms with Crippen LogP contribution < -0.4 is 5.32 Å². The minimum atomic E-state index is -0.975. The van der Waals surface area contributed by atoms with Crippen LogP contribution in [0.3, 0.4) is 0 Å². The third-order valence-corrected chi connectivity index (χ3v) is 4.70. The normalized spacial score (nSPS) is 25.7. The Bertz CT molecular complexity index is 619. The van der Waals surface area contributed by atoms with Crippen LogP contribution in [0.5, 0.6) is 0 Å². The Balaban J connectivity index is 1.57. The van der Waals surface area contributed by atoms with E-state index in [2.05, 4.69) is 10.4 Å². The topological polar surface area (TPSA) is 106 Å². The molecule has 0 unspecified atom stereocenters. The molecule has 132 valence electrons. The van der Waals surface area contributed by atoms with Gasteiger partial charge in [0.05, 0.1) is 13.2 Å². The zero-order valence-corrected chi connectivity index (χ0v) is 13.6. The number of amides is 2. The Kier molecular flexibility index (Phi) is 4.72. The maximum atomic E-state index is 12.4. The van der Waals surface area contributed by atoms with Crippen molar-refractivity contribution in [2.45, 2.75) is 13.0 Å². The van der Waals surface area contributed by atoms with Gasteiger partial charge in [-0.2, -0.15) is 5.10 Å². The van der Waals surface area contributed by atoms with Crippen LogP contribution in [0.1, 0.15) is 6.42 Å². The van der Waals surface area contributed by atoms with Gasteiger partial charge in [0.2, 0.25) is 0 Å². The largest absolute Gasteiger partial charge is 0.481 e. The first-order chi connectivity index (χ1) is 11.5. The summed E-state index contributed by atoms with van der Waals surface area (Å²) in [7, 11) is 1.65. The third-order valence-electron chi connectivity index (χ3n) is 4.70. The molecule has 2 fully saturated rings. The molecule has 0 saturated carbocycles. The number of carboxylic acid groups (broad SMARTS) is 1. The van der Waals surface area contributed by atoms with E-state index in [1.165, 1.54) is 4.90 Å². The Morgan fingerprint density at radius 1 is 1.58 bits per heavy atom.